The molecule has 1 saturated heterocycles. The predicted octanol–water partition coefficient (Wildman–Crippen LogP) is 1.39. The second kappa shape index (κ2) is 5.98. The lowest BCUT2D eigenvalue weighted by Gasteiger charge is -2.31. The van der Waals surface area contributed by atoms with Gasteiger partial charge in [-0.2, -0.15) is 0 Å². The fourth-order valence-corrected chi connectivity index (χ4v) is 3.00. The van der Waals surface area contributed by atoms with Crippen molar-refractivity contribution >= 4 is 22.9 Å². The van der Waals surface area contributed by atoms with E-state index in [0.29, 0.717) is 6.04 Å². The van der Waals surface area contributed by atoms with Crippen molar-refractivity contribution in [1.29, 1.82) is 0 Å². The Hall–Kier alpha value is -0.130. The average Bonchev–Trinajstić information content (AvgIpc) is 2.64. The van der Waals surface area contributed by atoms with E-state index in [4.69, 9.17) is 11.6 Å². The molecule has 5 heteroatoms. The van der Waals surface area contributed by atoms with Gasteiger partial charge in [-0.05, 0) is 19.2 Å². The van der Waals surface area contributed by atoms with Gasteiger partial charge in [0.25, 0.3) is 0 Å². The Balaban J connectivity index is 1.67. The summed E-state index contributed by atoms with van der Waals surface area (Å²) in [5.41, 5.74) is 0. The van der Waals surface area contributed by atoms with Crippen LogP contribution >= 0.6 is 22.9 Å². The number of nitrogens with one attached hydrogen (secondary N) is 2. The van der Waals surface area contributed by atoms with E-state index in [1.807, 2.05) is 6.07 Å². The van der Waals surface area contributed by atoms with Crippen LogP contribution in [-0.2, 0) is 6.54 Å². The molecule has 1 aliphatic rings. The third kappa shape index (κ3) is 3.71. The second-order valence-electron chi connectivity index (χ2n) is 4.25. The Morgan fingerprint density at radius 1 is 1.62 bits per heavy atom. The van der Waals surface area contributed by atoms with E-state index in [1.165, 1.54) is 4.88 Å². The van der Waals surface area contributed by atoms with Crippen LogP contribution in [0, 0.1) is 0 Å². The molecule has 0 saturated carbocycles. The standard InChI is InChI=1S/C11H18ClN3S/c1-15-5-4-14-9(8-15)6-13-7-10-2-3-11(12)16-10/h2-3,9,13-14H,4-8H2,1H3. The SMILES string of the molecule is CN1CCNC(CNCc2ccc(Cl)s2)C1. The summed E-state index contributed by atoms with van der Waals surface area (Å²) in [5, 5.41) is 6.98. The number of nitrogens with zero attached hydrogens (tertiary/aromatic N) is 1. The highest BCUT2D eigenvalue weighted by atomic mass is 35.5. The van der Waals surface area contributed by atoms with Gasteiger partial charge in [-0.1, -0.05) is 11.6 Å². The zero-order valence-corrected chi connectivity index (χ0v) is 11.1. The van der Waals surface area contributed by atoms with Crippen molar-refractivity contribution in [2.75, 3.05) is 33.2 Å². The lowest BCUT2D eigenvalue weighted by molar-refractivity contribution is 0.235. The maximum atomic E-state index is 5.88. The molecule has 0 radical (unpaired) electrons. The van der Waals surface area contributed by atoms with Gasteiger partial charge in [-0.25, -0.2) is 0 Å². The number of piperazine rings is 1. The quantitative estimate of drug-likeness (QED) is 0.856. The largest absolute Gasteiger partial charge is 0.310 e. The van der Waals surface area contributed by atoms with Crippen molar-refractivity contribution in [1.82, 2.24) is 15.5 Å². The number of hydrogen-bond acceptors (Lipinski definition) is 4. The van der Waals surface area contributed by atoms with Gasteiger partial charge in [0.2, 0.25) is 0 Å². The fraction of sp³-hybridized carbons (Fsp3) is 0.636. The third-order valence-corrected chi connectivity index (χ3v) is 4.01. The van der Waals surface area contributed by atoms with Crippen LogP contribution in [0.2, 0.25) is 4.34 Å². The summed E-state index contributed by atoms with van der Waals surface area (Å²) >= 11 is 7.53. The molecule has 2 N–H and O–H groups in total. The van der Waals surface area contributed by atoms with Crippen LogP contribution in [-0.4, -0.2) is 44.2 Å². The molecule has 1 unspecified atom stereocenters. The highest BCUT2D eigenvalue weighted by Crippen LogP contribution is 2.20. The Morgan fingerprint density at radius 3 is 3.19 bits per heavy atom. The molecule has 0 bridgehead atoms. The molecule has 1 aliphatic heterocycles. The molecule has 1 atom stereocenters. The van der Waals surface area contributed by atoms with Gasteiger partial charge >= 0.3 is 0 Å². The Labute approximate surface area is 106 Å². The van der Waals surface area contributed by atoms with Crippen molar-refractivity contribution in [3.63, 3.8) is 0 Å². The zero-order chi connectivity index (χ0) is 11.4. The molecule has 3 nitrogen and oxygen atoms in total. The Morgan fingerprint density at radius 2 is 2.50 bits per heavy atom. The van der Waals surface area contributed by atoms with Crippen molar-refractivity contribution < 1.29 is 0 Å². The normalized spacial score (nSPS) is 22.5. The first-order chi connectivity index (χ1) is 7.74. The summed E-state index contributed by atoms with van der Waals surface area (Å²) in [6.45, 7) is 5.29. The van der Waals surface area contributed by atoms with Crippen LogP contribution in [0.4, 0.5) is 0 Å². The van der Waals surface area contributed by atoms with E-state index >= 15 is 0 Å². The van der Waals surface area contributed by atoms with Gasteiger partial charge in [0.1, 0.15) is 0 Å². The molecule has 90 valence electrons. The number of rotatable bonds is 4. The zero-order valence-electron chi connectivity index (χ0n) is 9.50. The van der Waals surface area contributed by atoms with Crippen molar-refractivity contribution in [3.05, 3.63) is 21.3 Å². The summed E-state index contributed by atoms with van der Waals surface area (Å²) in [6, 6.07) is 4.60. The van der Waals surface area contributed by atoms with Crippen LogP contribution in [0.5, 0.6) is 0 Å². The van der Waals surface area contributed by atoms with Crippen molar-refractivity contribution in [3.8, 4) is 0 Å². The first-order valence-corrected chi connectivity index (χ1v) is 6.80. The lowest BCUT2D eigenvalue weighted by atomic mass is 10.2. The maximum Gasteiger partial charge on any atom is 0.0931 e. The molecule has 0 amide bonds. The van der Waals surface area contributed by atoms with Crippen LogP contribution < -0.4 is 10.6 Å². The molecule has 0 spiro atoms. The minimum absolute atomic E-state index is 0.564. The van der Waals surface area contributed by atoms with Crippen LogP contribution in [0.25, 0.3) is 0 Å². The monoisotopic (exact) mass is 259 g/mol. The highest BCUT2D eigenvalue weighted by molar-refractivity contribution is 7.16. The minimum Gasteiger partial charge on any atom is -0.310 e. The molecule has 2 rings (SSSR count). The summed E-state index contributed by atoms with van der Waals surface area (Å²) in [7, 11) is 2.17. The van der Waals surface area contributed by atoms with Crippen molar-refractivity contribution in [2.45, 2.75) is 12.6 Å². The molecule has 1 aromatic rings. The number of thiophene rings is 1. The predicted molar refractivity (Wildman–Crippen MR) is 70.3 cm³/mol. The summed E-state index contributed by atoms with van der Waals surface area (Å²) in [6.07, 6.45) is 0. The molecular weight excluding hydrogens is 242 g/mol. The average molecular weight is 260 g/mol. The van der Waals surface area contributed by atoms with Crippen molar-refractivity contribution in [2.24, 2.45) is 0 Å². The van der Waals surface area contributed by atoms with Gasteiger partial charge in [0.05, 0.1) is 4.34 Å². The summed E-state index contributed by atoms with van der Waals surface area (Å²) in [5.74, 6) is 0. The van der Waals surface area contributed by atoms with Crippen LogP contribution in [0.3, 0.4) is 0 Å². The second-order valence-corrected chi connectivity index (χ2v) is 6.05. The topological polar surface area (TPSA) is 27.3 Å². The van der Waals surface area contributed by atoms with Gasteiger partial charge < -0.3 is 15.5 Å². The summed E-state index contributed by atoms with van der Waals surface area (Å²) in [4.78, 5) is 3.67. The van der Waals surface area contributed by atoms with E-state index in [2.05, 4.69) is 28.6 Å². The molecule has 0 aromatic carbocycles. The third-order valence-electron chi connectivity index (χ3n) is 2.78. The van der Waals surface area contributed by atoms with Crippen LogP contribution in [0.15, 0.2) is 12.1 Å². The number of halogens is 1. The first kappa shape index (κ1) is 12.3. The fourth-order valence-electron chi connectivity index (χ4n) is 1.94. The molecule has 16 heavy (non-hydrogen) atoms. The van der Waals surface area contributed by atoms with E-state index < -0.39 is 0 Å². The Bertz CT molecular complexity index is 329. The van der Waals surface area contributed by atoms with Gasteiger partial charge in [-0.3, -0.25) is 0 Å². The van der Waals surface area contributed by atoms with E-state index in [1.54, 1.807) is 11.3 Å². The maximum absolute atomic E-state index is 5.88. The minimum atomic E-state index is 0.564. The first-order valence-electron chi connectivity index (χ1n) is 5.61. The highest BCUT2D eigenvalue weighted by Gasteiger charge is 2.15. The van der Waals surface area contributed by atoms with E-state index in [0.717, 1.165) is 37.1 Å². The molecule has 1 fully saturated rings. The molecular formula is C11H18ClN3S. The summed E-state index contributed by atoms with van der Waals surface area (Å²) < 4.78 is 0.868. The number of likely N-dealkylation sites (N-methyl/N-ethyl adjacent to an activating group) is 1. The number of hydrogen-bond donors (Lipinski definition) is 2. The van der Waals surface area contributed by atoms with Gasteiger partial charge in [0.15, 0.2) is 0 Å². The molecule has 2 heterocycles. The Kier molecular flexibility index (Phi) is 4.61. The van der Waals surface area contributed by atoms with E-state index in [9.17, 15) is 0 Å². The van der Waals surface area contributed by atoms with E-state index in [-0.39, 0.29) is 0 Å². The van der Waals surface area contributed by atoms with Gasteiger partial charge in [-0.15, -0.1) is 11.3 Å². The smallest absolute Gasteiger partial charge is 0.0931 e. The lowest BCUT2D eigenvalue weighted by Crippen LogP contribution is -2.52. The molecule has 1 aromatic heterocycles. The molecule has 0 aliphatic carbocycles. The van der Waals surface area contributed by atoms with Gasteiger partial charge in [0, 0.05) is 43.6 Å². The van der Waals surface area contributed by atoms with Crippen LogP contribution in [0.1, 0.15) is 4.88 Å².